The van der Waals surface area contributed by atoms with Gasteiger partial charge in [0.2, 0.25) is 5.82 Å². The van der Waals surface area contributed by atoms with Gasteiger partial charge >= 0.3 is 11.8 Å². The third kappa shape index (κ3) is 6.57. The predicted molar refractivity (Wildman–Crippen MR) is 130 cm³/mol. The molecule has 1 heterocycles. The first-order valence-electron chi connectivity index (χ1n) is 11.0. The van der Waals surface area contributed by atoms with Crippen molar-refractivity contribution in [2.45, 2.75) is 46.1 Å². The number of halogens is 1. The van der Waals surface area contributed by atoms with Crippen LogP contribution in [0.3, 0.4) is 0 Å². The fraction of sp³-hybridized carbons (Fsp3) is 0.360. The summed E-state index contributed by atoms with van der Waals surface area (Å²) in [5.41, 5.74) is 2.81. The second-order valence-corrected chi connectivity index (χ2v) is 9.40. The van der Waals surface area contributed by atoms with E-state index in [1.165, 1.54) is 5.56 Å². The summed E-state index contributed by atoms with van der Waals surface area (Å²) in [6, 6.07) is 13.0. The number of aromatic nitrogens is 2. The van der Waals surface area contributed by atoms with Crippen LogP contribution in [0.5, 0.6) is 5.75 Å². The summed E-state index contributed by atoms with van der Waals surface area (Å²) in [5, 5.41) is 9.86. The fourth-order valence-electron chi connectivity index (χ4n) is 3.12. The van der Waals surface area contributed by atoms with E-state index >= 15 is 0 Å². The lowest BCUT2D eigenvalue weighted by Gasteiger charge is -2.18. The summed E-state index contributed by atoms with van der Waals surface area (Å²) in [7, 11) is 0. The molecule has 3 aromatic rings. The number of aryl methyl sites for hydroxylation is 1. The fourth-order valence-corrected chi connectivity index (χ4v) is 3.35. The number of amides is 2. The third-order valence-corrected chi connectivity index (χ3v) is 5.38. The van der Waals surface area contributed by atoms with Crippen molar-refractivity contribution < 1.29 is 18.8 Å². The Balaban J connectivity index is 1.45. The highest BCUT2D eigenvalue weighted by molar-refractivity contribution is 6.30. The van der Waals surface area contributed by atoms with Gasteiger partial charge in [-0.1, -0.05) is 61.8 Å². The van der Waals surface area contributed by atoms with Crippen LogP contribution in [0.1, 0.15) is 49.5 Å². The molecule has 2 N–H and O–H groups in total. The van der Waals surface area contributed by atoms with Gasteiger partial charge in [-0.15, -0.1) is 0 Å². The Morgan fingerprint density at radius 3 is 2.41 bits per heavy atom. The molecule has 0 aliphatic rings. The Morgan fingerprint density at radius 2 is 1.76 bits per heavy atom. The molecule has 0 aliphatic carbocycles. The lowest BCUT2D eigenvalue weighted by Crippen LogP contribution is -2.40. The quantitative estimate of drug-likeness (QED) is 0.461. The van der Waals surface area contributed by atoms with E-state index in [0.717, 1.165) is 11.1 Å². The van der Waals surface area contributed by atoms with Crippen molar-refractivity contribution in [3.63, 3.8) is 0 Å². The SMILES string of the molecule is Cc1cc(Cl)ccc1OC(C)C(=O)NCCNC(=O)c1nc(-c2ccc(C(C)(C)C)cc2)no1. The molecule has 0 fully saturated rings. The number of rotatable bonds is 8. The normalized spacial score (nSPS) is 12.2. The second kappa shape index (κ2) is 10.7. The first-order chi connectivity index (χ1) is 16.0. The van der Waals surface area contributed by atoms with Gasteiger partial charge in [0.05, 0.1) is 0 Å². The van der Waals surface area contributed by atoms with Crippen molar-refractivity contribution in [2.24, 2.45) is 0 Å². The number of carbonyl (C=O) groups is 2. The third-order valence-electron chi connectivity index (χ3n) is 5.15. The Labute approximate surface area is 204 Å². The Hall–Kier alpha value is -3.39. The molecule has 8 nitrogen and oxygen atoms in total. The van der Waals surface area contributed by atoms with E-state index < -0.39 is 12.0 Å². The summed E-state index contributed by atoms with van der Waals surface area (Å²) in [6.45, 7) is 10.3. The van der Waals surface area contributed by atoms with Crippen LogP contribution in [0, 0.1) is 6.92 Å². The molecular weight excluding hydrogens is 456 g/mol. The van der Waals surface area contributed by atoms with Gasteiger partial charge in [-0.2, -0.15) is 4.98 Å². The van der Waals surface area contributed by atoms with Crippen molar-refractivity contribution in [3.8, 4) is 17.1 Å². The van der Waals surface area contributed by atoms with E-state index in [2.05, 4.69) is 41.5 Å². The lowest BCUT2D eigenvalue weighted by atomic mass is 9.87. The summed E-state index contributed by atoms with van der Waals surface area (Å²) in [5.74, 6) is -0.0399. The highest BCUT2D eigenvalue weighted by atomic mass is 35.5. The number of nitrogens with one attached hydrogen (secondary N) is 2. The topological polar surface area (TPSA) is 106 Å². The van der Waals surface area contributed by atoms with E-state index in [1.54, 1.807) is 25.1 Å². The number of nitrogens with zero attached hydrogens (tertiary/aromatic N) is 2. The minimum absolute atomic E-state index is 0.0367. The van der Waals surface area contributed by atoms with Crippen LogP contribution >= 0.6 is 11.6 Å². The van der Waals surface area contributed by atoms with Crippen LogP contribution in [-0.4, -0.2) is 41.1 Å². The largest absolute Gasteiger partial charge is 0.481 e. The number of benzene rings is 2. The lowest BCUT2D eigenvalue weighted by molar-refractivity contribution is -0.127. The zero-order valence-corrected chi connectivity index (χ0v) is 20.7. The van der Waals surface area contributed by atoms with Gasteiger partial charge in [-0.3, -0.25) is 9.59 Å². The molecule has 0 spiro atoms. The molecule has 0 aliphatic heterocycles. The van der Waals surface area contributed by atoms with Crippen LogP contribution in [0.2, 0.25) is 5.02 Å². The monoisotopic (exact) mass is 484 g/mol. The maximum absolute atomic E-state index is 12.3. The molecule has 9 heteroatoms. The minimum Gasteiger partial charge on any atom is -0.481 e. The smallest absolute Gasteiger partial charge is 0.316 e. The average molecular weight is 485 g/mol. The second-order valence-electron chi connectivity index (χ2n) is 8.97. The molecule has 0 bridgehead atoms. The number of hydrogen-bond donors (Lipinski definition) is 2. The van der Waals surface area contributed by atoms with Crippen LogP contribution in [-0.2, 0) is 10.2 Å². The van der Waals surface area contributed by atoms with Crippen molar-refractivity contribution >= 4 is 23.4 Å². The summed E-state index contributed by atoms with van der Waals surface area (Å²) < 4.78 is 10.8. The average Bonchev–Trinajstić information content (AvgIpc) is 3.28. The molecule has 1 unspecified atom stereocenters. The highest BCUT2D eigenvalue weighted by Crippen LogP contribution is 2.25. The molecular formula is C25H29ClN4O4. The molecule has 0 radical (unpaired) electrons. The molecule has 2 amide bonds. The maximum atomic E-state index is 12.3. The molecule has 180 valence electrons. The molecule has 34 heavy (non-hydrogen) atoms. The van der Waals surface area contributed by atoms with Crippen molar-refractivity contribution in [1.29, 1.82) is 0 Å². The molecule has 1 aromatic heterocycles. The van der Waals surface area contributed by atoms with Crippen LogP contribution < -0.4 is 15.4 Å². The van der Waals surface area contributed by atoms with Gasteiger partial charge in [0.1, 0.15) is 5.75 Å². The highest BCUT2D eigenvalue weighted by Gasteiger charge is 2.19. The molecule has 2 aromatic carbocycles. The predicted octanol–water partition coefficient (Wildman–Crippen LogP) is 4.31. The molecule has 0 saturated heterocycles. The zero-order valence-electron chi connectivity index (χ0n) is 19.9. The van der Waals surface area contributed by atoms with Gasteiger partial charge < -0.3 is 19.9 Å². The van der Waals surface area contributed by atoms with Crippen LogP contribution in [0.25, 0.3) is 11.4 Å². The van der Waals surface area contributed by atoms with Gasteiger partial charge in [0.15, 0.2) is 6.10 Å². The van der Waals surface area contributed by atoms with Crippen molar-refractivity contribution in [2.75, 3.05) is 13.1 Å². The van der Waals surface area contributed by atoms with Crippen LogP contribution in [0.4, 0.5) is 0 Å². The Morgan fingerprint density at radius 1 is 1.09 bits per heavy atom. The van der Waals surface area contributed by atoms with Crippen molar-refractivity contribution in [3.05, 3.63) is 64.5 Å². The van der Waals surface area contributed by atoms with E-state index in [1.807, 2.05) is 31.2 Å². The Kier molecular flexibility index (Phi) is 7.94. The summed E-state index contributed by atoms with van der Waals surface area (Å²) in [4.78, 5) is 28.7. The van der Waals surface area contributed by atoms with E-state index in [0.29, 0.717) is 16.6 Å². The summed E-state index contributed by atoms with van der Waals surface area (Å²) in [6.07, 6.45) is -0.709. The minimum atomic E-state index is -0.709. The van der Waals surface area contributed by atoms with Gasteiger partial charge in [-0.25, -0.2) is 0 Å². The maximum Gasteiger partial charge on any atom is 0.316 e. The van der Waals surface area contributed by atoms with Gasteiger partial charge in [0.25, 0.3) is 5.91 Å². The number of carbonyl (C=O) groups excluding carboxylic acids is 2. The Bertz CT molecular complexity index is 1150. The molecule has 1 atom stereocenters. The summed E-state index contributed by atoms with van der Waals surface area (Å²) >= 11 is 5.94. The van der Waals surface area contributed by atoms with Gasteiger partial charge in [0, 0.05) is 23.7 Å². The number of hydrogen-bond acceptors (Lipinski definition) is 6. The van der Waals surface area contributed by atoms with Gasteiger partial charge in [-0.05, 0) is 48.6 Å². The van der Waals surface area contributed by atoms with E-state index in [-0.39, 0.29) is 30.3 Å². The van der Waals surface area contributed by atoms with Crippen LogP contribution in [0.15, 0.2) is 47.0 Å². The van der Waals surface area contributed by atoms with E-state index in [4.69, 9.17) is 20.9 Å². The molecule has 3 rings (SSSR count). The van der Waals surface area contributed by atoms with E-state index in [9.17, 15) is 9.59 Å². The standard InChI is InChI=1S/C25H29ClN4O4/c1-15-14-19(26)10-11-20(15)33-16(2)22(31)27-12-13-28-23(32)24-29-21(30-34-24)17-6-8-18(9-7-17)25(3,4)5/h6-11,14,16H,12-13H2,1-5H3,(H,27,31)(H,28,32). The first kappa shape index (κ1) is 25.2. The molecule has 0 saturated carbocycles. The zero-order chi connectivity index (χ0) is 24.9. The van der Waals surface area contributed by atoms with Crippen molar-refractivity contribution in [1.82, 2.24) is 20.8 Å². The first-order valence-corrected chi connectivity index (χ1v) is 11.4. The number of ether oxygens (including phenoxy) is 1.